The molecule has 0 saturated carbocycles. The number of thioether (sulfide) groups is 1. The fourth-order valence-corrected chi connectivity index (χ4v) is 3.36. The normalized spacial score (nSPS) is 13.5. The van der Waals surface area contributed by atoms with Crippen molar-refractivity contribution in [2.24, 2.45) is 0 Å². The maximum absolute atomic E-state index is 8.81. The summed E-state index contributed by atoms with van der Waals surface area (Å²) in [5, 5.41) is 8.81. The molecule has 0 fully saturated rings. The highest BCUT2D eigenvalue weighted by atomic mass is 32.2. The van der Waals surface area contributed by atoms with Gasteiger partial charge in [0.25, 0.3) is 0 Å². The number of ether oxygens (including phenoxy) is 1. The highest BCUT2D eigenvalue weighted by molar-refractivity contribution is 7.99. The van der Waals surface area contributed by atoms with E-state index >= 15 is 0 Å². The quantitative estimate of drug-likeness (QED) is 0.825. The molecule has 2 N–H and O–H groups in total. The summed E-state index contributed by atoms with van der Waals surface area (Å²) in [6.07, 6.45) is 2.12. The van der Waals surface area contributed by atoms with Crippen LogP contribution < -0.4 is 10.2 Å². The second kappa shape index (κ2) is 6.80. The summed E-state index contributed by atoms with van der Waals surface area (Å²) >= 11 is 1.75. The Balaban J connectivity index is 1.77. The van der Waals surface area contributed by atoms with Gasteiger partial charge in [-0.15, -0.1) is 11.8 Å². The lowest BCUT2D eigenvalue weighted by molar-refractivity contribution is 0.177. The molecule has 1 aliphatic rings. The van der Waals surface area contributed by atoms with Crippen LogP contribution in [0, 0.1) is 0 Å². The summed E-state index contributed by atoms with van der Waals surface area (Å²) in [4.78, 5) is 1.18. The average molecular weight is 299 g/mol. The molecule has 0 bridgehead atoms. The van der Waals surface area contributed by atoms with Gasteiger partial charge in [-0.1, -0.05) is 48.5 Å². The third-order valence-corrected chi connectivity index (χ3v) is 4.55. The number of hydrogen-bond donors (Lipinski definition) is 2. The molecule has 0 radical (unpaired) electrons. The van der Waals surface area contributed by atoms with Gasteiger partial charge < -0.3 is 9.94 Å². The van der Waals surface area contributed by atoms with Crippen molar-refractivity contribution < 1.29 is 9.94 Å². The van der Waals surface area contributed by atoms with Crippen molar-refractivity contribution in [3.8, 4) is 5.75 Å². The van der Waals surface area contributed by atoms with Gasteiger partial charge in [-0.25, -0.2) is 5.48 Å². The number of benzene rings is 2. The third-order valence-electron chi connectivity index (χ3n) is 3.31. The van der Waals surface area contributed by atoms with Gasteiger partial charge in [-0.05, 0) is 22.8 Å². The van der Waals surface area contributed by atoms with Crippen LogP contribution in [0.2, 0.25) is 0 Å². The maximum Gasteiger partial charge on any atom is 0.133 e. The zero-order valence-corrected chi connectivity index (χ0v) is 12.4. The lowest BCUT2D eigenvalue weighted by Crippen LogP contribution is -2.14. The van der Waals surface area contributed by atoms with Crippen molar-refractivity contribution in [3.05, 3.63) is 65.2 Å². The molecule has 0 aliphatic carbocycles. The molecule has 1 aliphatic heterocycles. The Bertz CT molecular complexity index is 640. The van der Waals surface area contributed by atoms with Gasteiger partial charge in [-0.2, -0.15) is 0 Å². The van der Waals surface area contributed by atoms with Gasteiger partial charge in [0.15, 0.2) is 0 Å². The third kappa shape index (κ3) is 3.47. The van der Waals surface area contributed by atoms with E-state index in [-0.39, 0.29) is 0 Å². The zero-order valence-electron chi connectivity index (χ0n) is 11.6. The molecule has 2 aromatic carbocycles. The number of fused-ring (bicyclic) bond motifs is 1. The van der Waals surface area contributed by atoms with E-state index in [0.717, 1.165) is 22.6 Å². The molecule has 0 amide bonds. The molecule has 108 valence electrons. The number of nitrogens with one attached hydrogen (secondary N) is 1. The van der Waals surface area contributed by atoms with E-state index in [0.29, 0.717) is 13.2 Å². The van der Waals surface area contributed by atoms with Crippen LogP contribution in [0.1, 0.15) is 11.1 Å². The lowest BCUT2D eigenvalue weighted by Gasteiger charge is -2.19. The van der Waals surface area contributed by atoms with E-state index in [1.165, 1.54) is 10.5 Å². The van der Waals surface area contributed by atoms with Crippen LogP contribution in [0.4, 0.5) is 0 Å². The highest BCUT2D eigenvalue weighted by Gasteiger charge is 2.15. The first kappa shape index (κ1) is 14.2. The van der Waals surface area contributed by atoms with Gasteiger partial charge in [0.1, 0.15) is 12.4 Å². The molecule has 0 saturated heterocycles. The maximum atomic E-state index is 8.81. The summed E-state index contributed by atoms with van der Waals surface area (Å²) in [6.45, 7) is 1.08. The molecule has 1 heterocycles. The molecule has 0 unspecified atom stereocenters. The molecule has 21 heavy (non-hydrogen) atoms. The van der Waals surface area contributed by atoms with Crippen molar-refractivity contribution in [3.63, 3.8) is 0 Å². The minimum atomic E-state index is 0.502. The number of hydroxylamine groups is 1. The Kier molecular flexibility index (Phi) is 4.60. The lowest BCUT2D eigenvalue weighted by atomic mass is 10.1. The molecule has 3 rings (SSSR count). The van der Waals surface area contributed by atoms with E-state index in [2.05, 4.69) is 29.8 Å². The summed E-state index contributed by atoms with van der Waals surface area (Å²) in [5.41, 5.74) is 5.71. The van der Waals surface area contributed by atoms with Gasteiger partial charge in [0.05, 0.1) is 4.90 Å². The Labute approximate surface area is 128 Å². The van der Waals surface area contributed by atoms with E-state index < -0.39 is 0 Å². The van der Waals surface area contributed by atoms with E-state index in [4.69, 9.17) is 9.94 Å². The Hall–Kier alpha value is -1.75. The predicted molar refractivity (Wildman–Crippen MR) is 85.7 cm³/mol. The van der Waals surface area contributed by atoms with Crippen LogP contribution in [0.15, 0.2) is 59.0 Å². The van der Waals surface area contributed by atoms with Crippen LogP contribution in [0.5, 0.6) is 5.75 Å². The van der Waals surface area contributed by atoms with Crippen molar-refractivity contribution in [2.45, 2.75) is 11.5 Å². The first-order valence-corrected chi connectivity index (χ1v) is 7.84. The van der Waals surface area contributed by atoms with Crippen LogP contribution in [0.25, 0.3) is 6.08 Å². The smallest absolute Gasteiger partial charge is 0.133 e. The summed E-state index contributed by atoms with van der Waals surface area (Å²) in [6, 6.07) is 16.3. The van der Waals surface area contributed by atoms with Gasteiger partial charge in [0.2, 0.25) is 0 Å². The highest BCUT2D eigenvalue weighted by Crippen LogP contribution is 2.38. The molecule has 4 heteroatoms. The van der Waals surface area contributed by atoms with Crippen LogP contribution in [0.3, 0.4) is 0 Å². The topological polar surface area (TPSA) is 41.5 Å². The minimum Gasteiger partial charge on any atom is -0.488 e. The van der Waals surface area contributed by atoms with Crippen LogP contribution >= 0.6 is 11.8 Å². The second-order valence-electron chi connectivity index (χ2n) is 4.87. The SMILES string of the molecule is ONCC1=Cc2cccc(OCc3ccccc3)c2SC1. The zero-order chi connectivity index (χ0) is 14.5. The van der Waals surface area contributed by atoms with Crippen molar-refractivity contribution in [1.29, 1.82) is 0 Å². The Morgan fingerprint density at radius 2 is 1.95 bits per heavy atom. The fourth-order valence-electron chi connectivity index (χ4n) is 2.28. The van der Waals surface area contributed by atoms with Crippen LogP contribution in [-0.2, 0) is 6.61 Å². The van der Waals surface area contributed by atoms with Gasteiger partial charge >= 0.3 is 0 Å². The molecular formula is C17H17NO2S. The fraction of sp³-hybridized carbons (Fsp3) is 0.176. The molecule has 3 nitrogen and oxygen atoms in total. The summed E-state index contributed by atoms with van der Waals surface area (Å²) < 4.78 is 5.97. The molecule has 0 aromatic heterocycles. The molecular weight excluding hydrogens is 282 g/mol. The van der Waals surface area contributed by atoms with E-state index in [9.17, 15) is 0 Å². The Morgan fingerprint density at radius 3 is 2.76 bits per heavy atom. The van der Waals surface area contributed by atoms with Crippen molar-refractivity contribution in [1.82, 2.24) is 5.48 Å². The predicted octanol–water partition coefficient (Wildman–Crippen LogP) is 3.73. The summed E-state index contributed by atoms with van der Waals surface area (Å²) in [5.74, 6) is 1.79. The van der Waals surface area contributed by atoms with Gasteiger partial charge in [0, 0.05) is 12.3 Å². The first-order chi connectivity index (χ1) is 10.4. The van der Waals surface area contributed by atoms with E-state index in [1.54, 1.807) is 11.8 Å². The van der Waals surface area contributed by atoms with Gasteiger partial charge in [-0.3, -0.25) is 0 Å². The summed E-state index contributed by atoms with van der Waals surface area (Å²) in [7, 11) is 0. The molecule has 0 atom stereocenters. The van der Waals surface area contributed by atoms with Crippen molar-refractivity contribution in [2.75, 3.05) is 12.3 Å². The second-order valence-corrected chi connectivity index (χ2v) is 5.86. The average Bonchev–Trinajstić information content (AvgIpc) is 2.54. The minimum absolute atomic E-state index is 0.502. The Morgan fingerprint density at radius 1 is 1.10 bits per heavy atom. The largest absolute Gasteiger partial charge is 0.488 e. The van der Waals surface area contributed by atoms with Crippen LogP contribution in [-0.4, -0.2) is 17.5 Å². The molecule has 2 aromatic rings. The van der Waals surface area contributed by atoms with E-state index in [1.807, 2.05) is 30.3 Å². The number of rotatable bonds is 5. The van der Waals surface area contributed by atoms with Crippen molar-refractivity contribution >= 4 is 17.8 Å². The number of hydrogen-bond acceptors (Lipinski definition) is 4. The first-order valence-electron chi connectivity index (χ1n) is 6.86. The monoisotopic (exact) mass is 299 g/mol. The molecule has 0 spiro atoms. The standard InChI is InChI=1S/C17H17NO2S/c19-18-10-14-9-15-7-4-8-16(17(15)21-12-14)20-11-13-5-2-1-3-6-13/h1-9,18-19H,10-12H2.